The summed E-state index contributed by atoms with van der Waals surface area (Å²) in [6.45, 7) is 4.81. The van der Waals surface area contributed by atoms with Gasteiger partial charge in [0.15, 0.2) is 0 Å². The number of para-hydroxylation sites is 1. The molecule has 0 fully saturated rings. The predicted molar refractivity (Wildman–Crippen MR) is 480 cm³/mol. The Hall–Kier alpha value is -14.4. The zero-order valence-corrected chi connectivity index (χ0v) is 64.3. The van der Waals surface area contributed by atoms with Gasteiger partial charge in [-0.1, -0.05) is 372 Å². The van der Waals surface area contributed by atoms with Crippen LogP contribution in [0.2, 0.25) is 0 Å². The molecule has 0 aliphatic heterocycles. The van der Waals surface area contributed by atoms with Gasteiger partial charge in [0, 0.05) is 39.2 Å². The normalized spacial score (nSPS) is 14.4. The Kier molecular flexibility index (Phi) is 14.3. The minimum absolute atomic E-state index is 0.246. The number of fused-ring (bicyclic) bond motifs is 26. The van der Waals surface area contributed by atoms with E-state index in [-0.39, 0.29) is 5.41 Å². The summed E-state index contributed by atoms with van der Waals surface area (Å²) in [6.07, 6.45) is 0. The van der Waals surface area contributed by atoms with Gasteiger partial charge in [0.05, 0.1) is 33.3 Å². The highest BCUT2D eigenvalue weighted by atomic mass is 15.2. The molecule has 542 valence electrons. The van der Waals surface area contributed by atoms with E-state index >= 15 is 0 Å². The first-order chi connectivity index (χ1) is 57.3. The molecular weight excluding hydrogens is 1400 g/mol. The molecule has 6 aliphatic rings. The summed E-state index contributed by atoms with van der Waals surface area (Å²) < 4.78 is 0. The van der Waals surface area contributed by atoms with Crippen molar-refractivity contribution >= 4 is 34.1 Å². The lowest BCUT2D eigenvalue weighted by Gasteiger charge is -2.35. The van der Waals surface area contributed by atoms with Gasteiger partial charge in [-0.2, -0.15) is 0 Å². The van der Waals surface area contributed by atoms with E-state index in [0.717, 1.165) is 56.4 Å². The average Bonchev–Trinajstić information content (AvgIpc) is 1.51. The number of anilines is 6. The first kappa shape index (κ1) is 66.2. The lowest BCUT2D eigenvalue weighted by molar-refractivity contribution is 0.660. The third kappa shape index (κ3) is 8.96. The predicted octanol–water partition coefficient (Wildman–Crippen LogP) is 29.0. The van der Waals surface area contributed by atoms with E-state index in [1.54, 1.807) is 0 Å². The summed E-state index contributed by atoms with van der Waals surface area (Å²) in [7, 11) is 0. The van der Waals surface area contributed by atoms with Crippen molar-refractivity contribution in [3.05, 3.63) is 503 Å². The fourth-order valence-corrected chi connectivity index (χ4v) is 22.3. The van der Waals surface area contributed by atoms with Gasteiger partial charge in [-0.15, -0.1) is 0 Å². The minimum atomic E-state index is -0.729. The fraction of sp³-hybridized carbons (Fsp3) is 0.0526. The van der Waals surface area contributed by atoms with Crippen LogP contribution >= 0.6 is 0 Å². The molecule has 0 atom stereocenters. The van der Waals surface area contributed by atoms with Crippen LogP contribution in [0.3, 0.4) is 0 Å². The maximum atomic E-state index is 2.62. The van der Waals surface area contributed by atoms with Gasteiger partial charge >= 0.3 is 0 Å². The van der Waals surface area contributed by atoms with Gasteiger partial charge in [0.1, 0.15) is 0 Å². The van der Waals surface area contributed by atoms with E-state index in [1.807, 2.05) is 0 Å². The zero-order valence-electron chi connectivity index (χ0n) is 64.3. The third-order valence-corrected chi connectivity index (χ3v) is 27.0. The molecule has 2 heteroatoms. The summed E-state index contributed by atoms with van der Waals surface area (Å²) in [5.41, 5.74) is 44.9. The second-order valence-electron chi connectivity index (χ2n) is 32.7. The molecule has 24 rings (SSSR count). The number of hydrogen-bond acceptors (Lipinski definition) is 2. The first-order valence-electron chi connectivity index (χ1n) is 40.8. The molecule has 0 saturated carbocycles. The van der Waals surface area contributed by atoms with E-state index in [4.69, 9.17) is 0 Å². The van der Waals surface area contributed by atoms with Crippen LogP contribution in [0.25, 0.3) is 100 Å². The molecule has 0 heterocycles. The summed E-state index contributed by atoms with van der Waals surface area (Å²) in [6, 6.07) is 161. The molecular formula is C114H76N2. The highest BCUT2D eigenvalue weighted by Gasteiger charge is 2.55. The molecule has 0 N–H and O–H groups in total. The Balaban J connectivity index is 0.693. The molecule has 0 radical (unpaired) electrons. The van der Waals surface area contributed by atoms with Gasteiger partial charge in [0.2, 0.25) is 0 Å². The Morgan fingerprint density at radius 3 is 1.02 bits per heavy atom. The zero-order chi connectivity index (χ0) is 76.6. The van der Waals surface area contributed by atoms with E-state index in [2.05, 4.69) is 448 Å². The van der Waals surface area contributed by atoms with Gasteiger partial charge < -0.3 is 9.80 Å². The first-order valence-corrected chi connectivity index (χ1v) is 40.8. The van der Waals surface area contributed by atoms with Crippen molar-refractivity contribution in [3.8, 4) is 100 Å². The number of nitrogens with zero attached hydrogens (tertiary/aromatic N) is 2. The van der Waals surface area contributed by atoms with Gasteiger partial charge in [-0.25, -0.2) is 0 Å². The molecule has 116 heavy (non-hydrogen) atoms. The van der Waals surface area contributed by atoms with Crippen molar-refractivity contribution in [1.82, 2.24) is 0 Å². The van der Waals surface area contributed by atoms with Crippen LogP contribution in [0.5, 0.6) is 0 Å². The summed E-state index contributed by atoms with van der Waals surface area (Å²) in [5, 5.41) is 0. The highest BCUT2D eigenvalue weighted by molar-refractivity contribution is 6.05. The quantitative estimate of drug-likeness (QED) is 0.127. The second-order valence-corrected chi connectivity index (χ2v) is 32.7. The van der Waals surface area contributed by atoms with Crippen molar-refractivity contribution in [1.29, 1.82) is 0 Å². The topological polar surface area (TPSA) is 6.48 Å². The summed E-state index contributed by atoms with van der Waals surface area (Å²) in [5.74, 6) is 0. The van der Waals surface area contributed by atoms with Gasteiger partial charge in [0.25, 0.3) is 0 Å². The van der Waals surface area contributed by atoms with Crippen LogP contribution in [0.4, 0.5) is 34.1 Å². The standard InChI is InChI=1S/C114H76N2/c1-111(2)94-47-20-12-40-84(94)89-66-64-81(71-104(89)111)115(107-57-29-54-102-109(107)91-45-17-25-52-99(91)113(102)95-48-21-13-41-85(95)86-42-14-22-49-96(86)113)82-65-67-90-93-70-76(61-68-101(93)112(105(90)72-82,78-35-8-4-9-36-78)79-37-10-5-11-38-79)75-33-28-34-77(69-75)83-39-19-27-56-106(83)116(80-62-59-74(60-63-80)73-31-6-3-7-32-73)108-58-30-55-103-110(108)92-46-18-26-53-100(92)114(103)97-50-23-15-43-87(97)88-44-16-24-51-98(88)114/h3-72H,1-2H3. The molecule has 6 aliphatic carbocycles. The van der Waals surface area contributed by atoms with Crippen LogP contribution in [0.1, 0.15) is 91.7 Å². The monoisotopic (exact) mass is 1470 g/mol. The largest absolute Gasteiger partial charge is 0.310 e. The van der Waals surface area contributed by atoms with Crippen LogP contribution < -0.4 is 9.80 Å². The van der Waals surface area contributed by atoms with Gasteiger partial charge in [-0.05, 0) is 228 Å². The summed E-state index contributed by atoms with van der Waals surface area (Å²) >= 11 is 0. The third-order valence-electron chi connectivity index (χ3n) is 27.0. The molecule has 18 aromatic rings. The molecule has 0 amide bonds. The van der Waals surface area contributed by atoms with E-state index < -0.39 is 16.2 Å². The molecule has 0 bridgehead atoms. The van der Waals surface area contributed by atoms with Crippen molar-refractivity contribution in [2.45, 2.75) is 35.5 Å². The molecule has 2 spiro atoms. The van der Waals surface area contributed by atoms with Crippen molar-refractivity contribution < 1.29 is 0 Å². The molecule has 2 nitrogen and oxygen atoms in total. The Morgan fingerprint density at radius 1 is 0.164 bits per heavy atom. The van der Waals surface area contributed by atoms with Crippen LogP contribution in [0, 0.1) is 0 Å². The molecule has 0 unspecified atom stereocenters. The minimum Gasteiger partial charge on any atom is -0.310 e. The lowest BCUT2D eigenvalue weighted by Crippen LogP contribution is -2.28. The van der Waals surface area contributed by atoms with Crippen LogP contribution in [-0.4, -0.2) is 0 Å². The average molecular weight is 1470 g/mol. The second kappa shape index (κ2) is 25.0. The Morgan fingerprint density at radius 2 is 0.491 bits per heavy atom. The fourth-order valence-electron chi connectivity index (χ4n) is 22.3. The Bertz CT molecular complexity index is 6990. The summed E-state index contributed by atoms with van der Waals surface area (Å²) in [4.78, 5) is 5.17. The van der Waals surface area contributed by atoms with Crippen LogP contribution in [-0.2, 0) is 21.7 Å². The SMILES string of the molecule is CC1(C)c2ccccc2-c2ccc(N(c3ccc4c(c3)C(c3ccccc3)(c3ccccc3)c3ccc(-c5cccc(-c6ccccc6N(c6ccc(-c7ccccc7)cc6)c6cccc7c6-c6ccccc6C76c7ccccc7-c7ccccc76)c5)cc3-4)c3cccc4c3-c3ccccc3C43c4ccccc4-c4ccccc43)cc21. The molecule has 0 aromatic heterocycles. The smallest absolute Gasteiger partial charge is 0.0726 e. The highest BCUT2D eigenvalue weighted by Crippen LogP contribution is 2.68. The van der Waals surface area contributed by atoms with Gasteiger partial charge in [-0.3, -0.25) is 0 Å². The maximum Gasteiger partial charge on any atom is 0.0726 e. The number of benzene rings is 18. The van der Waals surface area contributed by atoms with Crippen molar-refractivity contribution in [2.24, 2.45) is 0 Å². The maximum absolute atomic E-state index is 2.62. The van der Waals surface area contributed by atoms with E-state index in [0.29, 0.717) is 0 Å². The van der Waals surface area contributed by atoms with E-state index in [9.17, 15) is 0 Å². The van der Waals surface area contributed by atoms with E-state index in [1.165, 1.54) is 156 Å². The number of hydrogen-bond donors (Lipinski definition) is 0. The van der Waals surface area contributed by atoms with Crippen LogP contribution in [0.15, 0.2) is 425 Å². The van der Waals surface area contributed by atoms with Crippen molar-refractivity contribution in [2.75, 3.05) is 9.80 Å². The lowest BCUT2D eigenvalue weighted by atomic mass is 9.67. The molecule has 0 saturated heterocycles. The Labute approximate surface area is 677 Å². The number of rotatable bonds is 11. The van der Waals surface area contributed by atoms with Crippen molar-refractivity contribution in [3.63, 3.8) is 0 Å². The molecule has 18 aromatic carbocycles.